The monoisotopic (exact) mass is 409 g/mol. The van der Waals surface area contributed by atoms with Crippen molar-refractivity contribution < 1.29 is 32.5 Å². The number of phenols is 1. The molecule has 0 aromatic heterocycles. The normalized spacial score (nSPS) is 15.2. The highest BCUT2D eigenvalue weighted by Gasteiger charge is 2.35. The SMILES string of the molecule is O=C(OCc1ccccc1)N1CCC(COc2ccc(O)cc2C(F)(F)F)CC1. The van der Waals surface area contributed by atoms with Crippen LogP contribution in [0.2, 0.25) is 0 Å². The quantitative estimate of drug-likeness (QED) is 0.768. The summed E-state index contributed by atoms with van der Waals surface area (Å²) >= 11 is 0. The lowest BCUT2D eigenvalue weighted by atomic mass is 9.98. The molecule has 0 radical (unpaired) electrons. The second-order valence-electron chi connectivity index (χ2n) is 6.96. The van der Waals surface area contributed by atoms with Gasteiger partial charge in [-0.05, 0) is 42.5 Å². The van der Waals surface area contributed by atoms with Crippen LogP contribution < -0.4 is 4.74 Å². The number of rotatable bonds is 5. The average molecular weight is 409 g/mol. The first-order valence-corrected chi connectivity index (χ1v) is 9.31. The molecule has 0 aliphatic carbocycles. The number of halogens is 3. The minimum atomic E-state index is -4.61. The van der Waals surface area contributed by atoms with Gasteiger partial charge in [0, 0.05) is 13.1 Å². The number of amides is 1. The van der Waals surface area contributed by atoms with Gasteiger partial charge in [-0.15, -0.1) is 0 Å². The third-order valence-corrected chi connectivity index (χ3v) is 4.82. The largest absolute Gasteiger partial charge is 0.508 e. The molecule has 29 heavy (non-hydrogen) atoms. The Balaban J connectivity index is 1.46. The van der Waals surface area contributed by atoms with Crippen LogP contribution in [0.3, 0.4) is 0 Å². The van der Waals surface area contributed by atoms with Crippen molar-refractivity contribution >= 4 is 6.09 Å². The minimum absolute atomic E-state index is 0.0306. The molecule has 156 valence electrons. The van der Waals surface area contributed by atoms with Gasteiger partial charge in [0.05, 0.1) is 6.61 Å². The van der Waals surface area contributed by atoms with Crippen molar-refractivity contribution in [1.82, 2.24) is 4.90 Å². The van der Waals surface area contributed by atoms with E-state index in [2.05, 4.69) is 0 Å². The molecule has 0 saturated carbocycles. The predicted molar refractivity (Wildman–Crippen MR) is 99.5 cm³/mol. The average Bonchev–Trinajstić information content (AvgIpc) is 2.71. The zero-order valence-corrected chi connectivity index (χ0v) is 15.7. The van der Waals surface area contributed by atoms with Gasteiger partial charge >= 0.3 is 12.3 Å². The van der Waals surface area contributed by atoms with E-state index in [0.717, 1.165) is 17.7 Å². The van der Waals surface area contributed by atoms with E-state index in [1.54, 1.807) is 4.90 Å². The van der Waals surface area contributed by atoms with E-state index in [4.69, 9.17) is 9.47 Å². The molecule has 2 aromatic carbocycles. The van der Waals surface area contributed by atoms with Crippen LogP contribution in [0.1, 0.15) is 24.0 Å². The third-order valence-electron chi connectivity index (χ3n) is 4.82. The first-order valence-electron chi connectivity index (χ1n) is 9.31. The number of carbonyl (C=O) groups excluding carboxylic acids is 1. The molecule has 1 saturated heterocycles. The van der Waals surface area contributed by atoms with E-state index in [9.17, 15) is 23.1 Å². The minimum Gasteiger partial charge on any atom is -0.508 e. The smallest absolute Gasteiger partial charge is 0.420 e. The second-order valence-corrected chi connectivity index (χ2v) is 6.96. The molecule has 2 aromatic rings. The van der Waals surface area contributed by atoms with Gasteiger partial charge in [0.2, 0.25) is 0 Å². The van der Waals surface area contributed by atoms with Gasteiger partial charge in [0.25, 0.3) is 0 Å². The number of benzene rings is 2. The number of ether oxygens (including phenoxy) is 2. The Morgan fingerprint density at radius 2 is 1.79 bits per heavy atom. The van der Waals surface area contributed by atoms with Gasteiger partial charge in [-0.2, -0.15) is 13.2 Å². The molecule has 3 rings (SSSR count). The van der Waals surface area contributed by atoms with Crippen LogP contribution in [-0.4, -0.2) is 35.8 Å². The molecule has 0 spiro atoms. The molecular formula is C21H22F3NO4. The number of piperidine rings is 1. The molecule has 8 heteroatoms. The molecule has 1 aliphatic heterocycles. The number of aromatic hydroxyl groups is 1. The zero-order chi connectivity index (χ0) is 20.9. The van der Waals surface area contributed by atoms with E-state index in [1.807, 2.05) is 30.3 Å². The van der Waals surface area contributed by atoms with Crippen LogP contribution in [0.5, 0.6) is 11.5 Å². The molecule has 1 amide bonds. The van der Waals surface area contributed by atoms with Crippen molar-refractivity contribution in [3.63, 3.8) is 0 Å². The summed E-state index contributed by atoms with van der Waals surface area (Å²) in [6.07, 6.45) is -3.79. The molecule has 1 fully saturated rings. The van der Waals surface area contributed by atoms with Gasteiger partial charge in [0.15, 0.2) is 0 Å². The van der Waals surface area contributed by atoms with Crippen LogP contribution in [-0.2, 0) is 17.5 Å². The van der Waals surface area contributed by atoms with E-state index in [-0.39, 0.29) is 24.9 Å². The maximum atomic E-state index is 13.1. The topological polar surface area (TPSA) is 59.0 Å². The van der Waals surface area contributed by atoms with E-state index < -0.39 is 23.6 Å². The standard InChI is InChI=1S/C21H22F3NO4/c22-21(23,24)18-12-17(26)6-7-19(18)28-13-16-8-10-25(11-9-16)20(27)29-14-15-4-2-1-3-5-15/h1-7,12,16,26H,8-11,13-14H2. The Morgan fingerprint density at radius 1 is 1.10 bits per heavy atom. The maximum absolute atomic E-state index is 13.1. The lowest BCUT2D eigenvalue weighted by Gasteiger charge is -2.31. The summed E-state index contributed by atoms with van der Waals surface area (Å²) in [6, 6.07) is 12.3. The fraction of sp³-hybridized carbons (Fsp3) is 0.381. The summed E-state index contributed by atoms with van der Waals surface area (Å²) in [4.78, 5) is 13.8. The third kappa shape index (κ3) is 5.79. The Labute approximate surface area is 166 Å². The summed E-state index contributed by atoms with van der Waals surface area (Å²) in [5, 5.41) is 9.31. The number of nitrogens with zero attached hydrogens (tertiary/aromatic N) is 1. The molecular weight excluding hydrogens is 387 g/mol. The van der Waals surface area contributed by atoms with Crippen LogP contribution in [0.15, 0.2) is 48.5 Å². The van der Waals surface area contributed by atoms with Crippen molar-refractivity contribution in [3.05, 3.63) is 59.7 Å². The number of phenolic OH excluding ortho intramolecular Hbond substituents is 1. The molecule has 0 unspecified atom stereocenters. The lowest BCUT2D eigenvalue weighted by molar-refractivity contribution is -0.139. The van der Waals surface area contributed by atoms with Gasteiger partial charge < -0.3 is 19.5 Å². The van der Waals surface area contributed by atoms with Crippen LogP contribution in [0.4, 0.5) is 18.0 Å². The first kappa shape index (κ1) is 20.8. The summed E-state index contributed by atoms with van der Waals surface area (Å²) < 4.78 is 49.9. The molecule has 5 nitrogen and oxygen atoms in total. The Bertz CT molecular complexity index is 818. The van der Waals surface area contributed by atoms with Crippen LogP contribution in [0.25, 0.3) is 0 Å². The van der Waals surface area contributed by atoms with Crippen LogP contribution in [0, 0.1) is 5.92 Å². The lowest BCUT2D eigenvalue weighted by Crippen LogP contribution is -2.40. The Morgan fingerprint density at radius 3 is 2.45 bits per heavy atom. The predicted octanol–water partition coefficient (Wildman–Crippen LogP) is 4.84. The van der Waals surface area contributed by atoms with Crippen molar-refractivity contribution in [1.29, 1.82) is 0 Å². The highest BCUT2D eigenvalue weighted by Crippen LogP contribution is 2.38. The Hall–Kier alpha value is -2.90. The molecule has 1 heterocycles. The summed E-state index contributed by atoms with van der Waals surface area (Å²) in [5.74, 6) is -0.741. The van der Waals surface area contributed by atoms with Gasteiger partial charge in [-0.1, -0.05) is 30.3 Å². The van der Waals surface area contributed by atoms with E-state index >= 15 is 0 Å². The van der Waals surface area contributed by atoms with Crippen molar-refractivity contribution in [2.45, 2.75) is 25.6 Å². The number of carbonyl (C=O) groups is 1. The maximum Gasteiger partial charge on any atom is 0.420 e. The zero-order valence-electron chi connectivity index (χ0n) is 15.7. The fourth-order valence-corrected chi connectivity index (χ4v) is 3.17. The highest BCUT2D eigenvalue weighted by atomic mass is 19.4. The molecule has 1 aliphatic rings. The van der Waals surface area contributed by atoms with E-state index in [0.29, 0.717) is 32.0 Å². The molecule has 1 N–H and O–H groups in total. The molecule has 0 atom stereocenters. The Kier molecular flexibility index (Phi) is 6.51. The van der Waals surface area contributed by atoms with Gasteiger partial charge in [0.1, 0.15) is 23.7 Å². The number of hydrogen-bond donors (Lipinski definition) is 1. The first-order chi connectivity index (χ1) is 13.8. The highest BCUT2D eigenvalue weighted by molar-refractivity contribution is 5.67. The summed E-state index contributed by atoms with van der Waals surface area (Å²) in [5.41, 5.74) is -0.0991. The van der Waals surface area contributed by atoms with Crippen molar-refractivity contribution in [3.8, 4) is 11.5 Å². The van der Waals surface area contributed by atoms with Crippen LogP contribution >= 0.6 is 0 Å². The van der Waals surface area contributed by atoms with E-state index in [1.165, 1.54) is 0 Å². The van der Waals surface area contributed by atoms with Gasteiger partial charge in [-0.3, -0.25) is 0 Å². The fourth-order valence-electron chi connectivity index (χ4n) is 3.17. The van der Waals surface area contributed by atoms with Crippen molar-refractivity contribution in [2.24, 2.45) is 5.92 Å². The molecule has 0 bridgehead atoms. The number of alkyl halides is 3. The second kappa shape index (κ2) is 9.07. The summed E-state index contributed by atoms with van der Waals surface area (Å²) in [7, 11) is 0. The summed E-state index contributed by atoms with van der Waals surface area (Å²) in [6.45, 7) is 1.23. The number of hydrogen-bond acceptors (Lipinski definition) is 4. The van der Waals surface area contributed by atoms with Gasteiger partial charge in [-0.25, -0.2) is 4.79 Å². The van der Waals surface area contributed by atoms with Crippen molar-refractivity contribution in [2.75, 3.05) is 19.7 Å². The number of likely N-dealkylation sites (tertiary alicyclic amines) is 1.